The smallest absolute Gasteiger partial charge is 0.430 e. The van der Waals surface area contributed by atoms with Gasteiger partial charge in [-0.3, -0.25) is 14.4 Å². The van der Waals surface area contributed by atoms with E-state index in [4.69, 9.17) is 15.0 Å². The number of benzene rings is 1. The van der Waals surface area contributed by atoms with Crippen LogP contribution >= 0.6 is 0 Å². The number of carbonyl (C=O) groups excluding carboxylic acids is 3. The molecule has 39 heavy (non-hydrogen) atoms. The summed E-state index contributed by atoms with van der Waals surface area (Å²) in [5, 5.41) is 32.7. The number of oxime groups is 1. The van der Waals surface area contributed by atoms with Gasteiger partial charge in [0.15, 0.2) is 6.54 Å². The Morgan fingerprint density at radius 1 is 1.21 bits per heavy atom. The minimum atomic E-state index is -5.19. The maximum absolute atomic E-state index is 12.8. The summed E-state index contributed by atoms with van der Waals surface area (Å²) in [5.74, 6) is -5.05. The number of hydrogen-bond acceptors (Lipinski definition) is 9. The highest BCUT2D eigenvalue weighted by molar-refractivity contribution is 7.89. The van der Waals surface area contributed by atoms with E-state index in [0.717, 1.165) is 9.87 Å². The van der Waals surface area contributed by atoms with Gasteiger partial charge in [-0.15, -0.1) is 0 Å². The quantitative estimate of drug-likeness (QED) is 0.192. The summed E-state index contributed by atoms with van der Waals surface area (Å²) in [6, 6.07) is 5.92. The van der Waals surface area contributed by atoms with Crippen molar-refractivity contribution in [1.82, 2.24) is 9.62 Å². The summed E-state index contributed by atoms with van der Waals surface area (Å²) >= 11 is 0. The van der Waals surface area contributed by atoms with Crippen LogP contribution in [0, 0.1) is 0 Å². The third-order valence-electron chi connectivity index (χ3n) is 5.92. The van der Waals surface area contributed by atoms with Crippen molar-refractivity contribution < 1.29 is 60.7 Å². The van der Waals surface area contributed by atoms with Crippen molar-refractivity contribution in [2.45, 2.75) is 38.5 Å². The van der Waals surface area contributed by atoms with E-state index in [1.807, 2.05) is 0 Å². The Hall–Kier alpha value is -3.73. The number of amides is 2. The van der Waals surface area contributed by atoms with Crippen molar-refractivity contribution in [3.63, 3.8) is 0 Å². The highest BCUT2D eigenvalue weighted by atomic mass is 32.2. The molecule has 0 saturated carbocycles. The summed E-state index contributed by atoms with van der Waals surface area (Å²) in [5.41, 5.74) is 1.48. The molecule has 2 saturated heterocycles. The minimum absolute atomic E-state index is 0.0279. The molecule has 0 spiro atoms. The zero-order chi connectivity index (χ0) is 29.6. The van der Waals surface area contributed by atoms with E-state index in [0.29, 0.717) is 25.1 Å². The molecule has 17 heteroatoms. The number of aliphatic carboxylic acids is 2. The summed E-state index contributed by atoms with van der Waals surface area (Å²) in [4.78, 5) is 44.3. The molecular weight excluding hydrogens is 553 g/mol. The summed E-state index contributed by atoms with van der Waals surface area (Å²) in [6.45, 7) is 2.70. The maximum atomic E-state index is 12.8. The van der Waals surface area contributed by atoms with Crippen LogP contribution in [0.3, 0.4) is 0 Å². The van der Waals surface area contributed by atoms with Crippen LogP contribution in [0.4, 0.5) is 13.2 Å². The number of alkyl halides is 3. The number of fused-ring (bicyclic) bond motifs is 2. The van der Waals surface area contributed by atoms with Crippen molar-refractivity contribution in [2.24, 2.45) is 5.16 Å². The van der Waals surface area contributed by atoms with Crippen molar-refractivity contribution in [2.75, 3.05) is 31.9 Å². The monoisotopic (exact) mass is 580 g/mol. The first-order valence-electron chi connectivity index (χ1n) is 11.5. The van der Waals surface area contributed by atoms with Crippen LogP contribution in [0.1, 0.15) is 35.7 Å². The lowest BCUT2D eigenvalue weighted by Gasteiger charge is -2.39. The van der Waals surface area contributed by atoms with Crippen LogP contribution in [0.15, 0.2) is 29.4 Å². The van der Waals surface area contributed by atoms with Crippen molar-refractivity contribution in [3.05, 3.63) is 35.4 Å². The number of nitrogens with one attached hydrogen (secondary N) is 1. The van der Waals surface area contributed by atoms with Gasteiger partial charge < -0.3 is 30.0 Å². The molecule has 2 aliphatic rings. The Balaban J connectivity index is 0.000000673. The number of nitrogens with zero attached hydrogens (tertiary/aromatic N) is 3. The van der Waals surface area contributed by atoms with Gasteiger partial charge >= 0.3 is 12.1 Å². The second kappa shape index (κ2) is 12.4. The lowest BCUT2D eigenvalue weighted by Crippen LogP contribution is -2.61. The first kappa shape index (κ1) is 31.5. The van der Waals surface area contributed by atoms with Gasteiger partial charge in [0, 0.05) is 17.7 Å². The minimum Gasteiger partial charge on any atom is -0.542 e. The Morgan fingerprint density at radius 3 is 2.28 bits per heavy atom. The number of piperazine rings is 1. The average Bonchev–Trinajstić information content (AvgIpc) is 3.10. The molecule has 2 aliphatic heterocycles. The number of carboxylic acids is 2. The van der Waals surface area contributed by atoms with E-state index in [2.05, 4.69) is 10.5 Å². The van der Waals surface area contributed by atoms with E-state index >= 15 is 0 Å². The number of carboxylic acid groups (broad SMARTS) is 2. The Labute approximate surface area is 221 Å². The summed E-state index contributed by atoms with van der Waals surface area (Å²) in [6.07, 6.45) is -4.99. The Bertz CT molecular complexity index is 1240. The summed E-state index contributed by atoms with van der Waals surface area (Å²) < 4.78 is 57.9. The Kier molecular flexibility index (Phi) is 10.0. The molecule has 2 bridgehead atoms. The van der Waals surface area contributed by atoms with E-state index in [1.54, 1.807) is 31.2 Å². The topological polar surface area (TPSA) is 194 Å². The van der Waals surface area contributed by atoms with Gasteiger partial charge in [-0.1, -0.05) is 24.2 Å². The van der Waals surface area contributed by atoms with Crippen LogP contribution in [-0.2, 0) is 31.0 Å². The highest BCUT2D eigenvalue weighted by Crippen LogP contribution is 2.32. The standard InChI is InChI=1S/C20H26N4O7S.C2HF3O2/c1-2-9-32(30,31)23-17-12-24(13-18(23)25,11-16(17)22-29)10-14-3-5-15(6-4-14)20(28)21-8-7-19(26)27;3-2(4,5)1(6)7/h3-6,17H,2,7-13H2,1H3,(H2-,21,26,27,28,29);(H,6,7)/b22-16+;. The van der Waals surface area contributed by atoms with Crippen LogP contribution in [-0.4, -0.2) is 101 Å². The molecule has 3 rings (SSSR count). The second-order valence-electron chi connectivity index (χ2n) is 8.99. The summed E-state index contributed by atoms with van der Waals surface area (Å²) in [7, 11) is -3.79. The molecule has 13 nitrogen and oxygen atoms in total. The molecule has 1 aromatic carbocycles. The highest BCUT2D eigenvalue weighted by Gasteiger charge is 2.56. The van der Waals surface area contributed by atoms with Gasteiger partial charge in [0.1, 0.15) is 37.4 Å². The molecule has 1 aromatic rings. The molecule has 2 atom stereocenters. The molecule has 2 unspecified atom stereocenters. The number of hydrogen-bond donors (Lipinski definition) is 3. The number of sulfonamides is 1. The van der Waals surface area contributed by atoms with Gasteiger partial charge in [-0.05, 0) is 18.6 Å². The molecule has 0 radical (unpaired) electrons. The average molecular weight is 581 g/mol. The van der Waals surface area contributed by atoms with Crippen LogP contribution in [0.25, 0.3) is 0 Å². The molecular formula is C22H27F3N4O9S. The van der Waals surface area contributed by atoms with Crippen LogP contribution in [0.2, 0.25) is 0 Å². The first-order valence-corrected chi connectivity index (χ1v) is 13.1. The molecule has 216 valence electrons. The fourth-order valence-electron chi connectivity index (χ4n) is 4.36. The third-order valence-corrected chi connectivity index (χ3v) is 7.90. The lowest BCUT2D eigenvalue weighted by atomic mass is 10.1. The van der Waals surface area contributed by atoms with Gasteiger partial charge in [0.05, 0.1) is 12.2 Å². The zero-order valence-electron chi connectivity index (χ0n) is 20.7. The lowest BCUT2D eigenvalue weighted by molar-refractivity contribution is -0.921. The van der Waals surface area contributed by atoms with Gasteiger partial charge in [-0.2, -0.15) is 13.2 Å². The predicted molar refractivity (Wildman–Crippen MR) is 125 cm³/mol. The number of quaternary nitrogens is 1. The Morgan fingerprint density at radius 2 is 1.79 bits per heavy atom. The number of halogens is 3. The molecule has 2 amide bonds. The van der Waals surface area contributed by atoms with Crippen LogP contribution < -0.4 is 10.4 Å². The molecule has 2 heterocycles. The number of carbonyl (C=O) groups is 4. The van der Waals surface area contributed by atoms with E-state index < -0.39 is 40.1 Å². The number of rotatable bonds is 9. The van der Waals surface area contributed by atoms with E-state index in [-0.39, 0.29) is 47.9 Å². The largest absolute Gasteiger partial charge is 0.542 e. The van der Waals surface area contributed by atoms with Gasteiger partial charge in [-0.25, -0.2) is 12.7 Å². The molecule has 0 aliphatic carbocycles. The molecule has 2 fully saturated rings. The van der Waals surface area contributed by atoms with Crippen molar-refractivity contribution >= 4 is 39.5 Å². The van der Waals surface area contributed by atoms with Crippen molar-refractivity contribution in [1.29, 1.82) is 0 Å². The third kappa shape index (κ3) is 8.13. The predicted octanol–water partition coefficient (Wildman–Crippen LogP) is -0.699. The van der Waals surface area contributed by atoms with Crippen molar-refractivity contribution in [3.8, 4) is 0 Å². The van der Waals surface area contributed by atoms with E-state index in [9.17, 15) is 41.2 Å². The van der Waals surface area contributed by atoms with E-state index in [1.165, 1.54) is 0 Å². The maximum Gasteiger partial charge on any atom is 0.430 e. The SMILES string of the molecule is CCCS(=O)(=O)N1C(=O)C[N+]2(Cc3ccc(C(=O)NCCC(=O)O)cc3)C/C(=N\O)C1C2.O=C([O-])C(F)(F)F. The fourth-order valence-corrected chi connectivity index (χ4v) is 6.02. The van der Waals surface area contributed by atoms with Gasteiger partial charge in [0.2, 0.25) is 10.0 Å². The molecule has 3 N–H and O–H groups in total. The zero-order valence-corrected chi connectivity index (χ0v) is 21.5. The first-order chi connectivity index (χ1) is 18.0. The molecule has 0 aromatic heterocycles. The van der Waals surface area contributed by atoms with Crippen LogP contribution in [0.5, 0.6) is 0 Å². The fraction of sp³-hybridized carbons (Fsp3) is 0.500. The normalized spacial score (nSPS) is 21.7. The second-order valence-corrected chi connectivity index (χ2v) is 11.0. The van der Waals surface area contributed by atoms with Gasteiger partial charge in [0.25, 0.3) is 11.8 Å².